The van der Waals surface area contributed by atoms with Crippen LogP contribution in [-0.2, 0) is 11.1 Å². The van der Waals surface area contributed by atoms with Crippen LogP contribution in [0.4, 0.5) is 0 Å². The molecular weight excluding hydrogens is 263 g/mol. The van der Waals surface area contributed by atoms with Crippen LogP contribution in [0.15, 0.2) is 29.2 Å². The van der Waals surface area contributed by atoms with Gasteiger partial charge in [0.2, 0.25) is 0 Å². The summed E-state index contributed by atoms with van der Waals surface area (Å²) in [6.45, 7) is 0. The number of rotatable bonds is 1. The maximum Gasteiger partial charge on any atom is 0.186 e. The Morgan fingerprint density at radius 3 is 2.20 bits per heavy atom. The van der Waals surface area contributed by atoms with Crippen molar-refractivity contribution in [2.24, 2.45) is 0 Å². The van der Waals surface area contributed by atoms with Gasteiger partial charge < -0.3 is 4.55 Å². The van der Waals surface area contributed by atoms with E-state index in [2.05, 4.69) is 22.6 Å². The number of benzene rings is 1. The lowest BCUT2D eigenvalue weighted by molar-refractivity contribution is 0.564. The van der Waals surface area contributed by atoms with Crippen LogP contribution in [0.5, 0.6) is 0 Å². The van der Waals surface area contributed by atoms with Crippen molar-refractivity contribution in [3.8, 4) is 0 Å². The summed E-state index contributed by atoms with van der Waals surface area (Å²) in [5.74, 6) is 0. The van der Waals surface area contributed by atoms with Crippen LogP contribution in [0.2, 0.25) is 0 Å². The second-order valence-corrected chi connectivity index (χ2v) is 3.92. The fourth-order valence-corrected chi connectivity index (χ4v) is 1.28. The van der Waals surface area contributed by atoms with E-state index >= 15 is 0 Å². The zero-order chi connectivity index (χ0) is 7.56. The van der Waals surface area contributed by atoms with E-state index in [9.17, 15) is 4.21 Å². The minimum atomic E-state index is -1.84. The van der Waals surface area contributed by atoms with E-state index in [1.165, 1.54) is 0 Å². The van der Waals surface area contributed by atoms with Gasteiger partial charge in [0.05, 0.1) is 4.90 Å². The van der Waals surface area contributed by atoms with E-state index in [1.54, 1.807) is 24.3 Å². The Morgan fingerprint density at radius 1 is 1.30 bits per heavy atom. The second-order valence-electron chi connectivity index (χ2n) is 1.70. The molecule has 0 saturated heterocycles. The highest BCUT2D eigenvalue weighted by molar-refractivity contribution is 14.1. The summed E-state index contributed by atoms with van der Waals surface area (Å²) in [4.78, 5) is 0.445. The molecule has 1 aromatic carbocycles. The highest BCUT2D eigenvalue weighted by atomic mass is 127. The first-order valence-electron chi connectivity index (χ1n) is 2.56. The van der Waals surface area contributed by atoms with Crippen LogP contribution in [-0.4, -0.2) is 8.76 Å². The Kier molecular flexibility index (Phi) is 2.82. The van der Waals surface area contributed by atoms with E-state index in [-0.39, 0.29) is 0 Å². The van der Waals surface area contributed by atoms with Crippen LogP contribution in [0.3, 0.4) is 0 Å². The fourth-order valence-electron chi connectivity index (χ4n) is 0.551. The van der Waals surface area contributed by atoms with Crippen LogP contribution in [0.1, 0.15) is 0 Å². The minimum Gasteiger partial charge on any atom is -0.302 e. The van der Waals surface area contributed by atoms with Crippen LogP contribution in [0.25, 0.3) is 0 Å². The lowest BCUT2D eigenvalue weighted by Gasteiger charge is -1.92. The van der Waals surface area contributed by atoms with Gasteiger partial charge in [-0.3, -0.25) is 0 Å². The Hall–Kier alpha value is 0.0600. The van der Waals surface area contributed by atoms with Crippen LogP contribution >= 0.6 is 22.6 Å². The van der Waals surface area contributed by atoms with Gasteiger partial charge in [-0.1, -0.05) is 0 Å². The van der Waals surface area contributed by atoms with Crippen molar-refractivity contribution in [2.75, 3.05) is 0 Å². The molecule has 0 aromatic heterocycles. The fraction of sp³-hybridized carbons (Fsp3) is 0. The summed E-state index contributed by atoms with van der Waals surface area (Å²) in [5, 5.41) is 0. The van der Waals surface area contributed by atoms with Gasteiger partial charge in [-0.15, -0.1) is 0 Å². The standard InChI is InChI=1S/C6H5IO2S/c7-5-1-3-6(4-2-5)10(8)9/h1-4H,(H,8,9). The molecule has 1 rings (SSSR count). The molecule has 54 valence electrons. The van der Waals surface area contributed by atoms with Crippen molar-refractivity contribution < 1.29 is 8.76 Å². The molecule has 4 heteroatoms. The van der Waals surface area contributed by atoms with Gasteiger partial charge in [-0.2, -0.15) is 0 Å². The summed E-state index contributed by atoms with van der Waals surface area (Å²) < 4.78 is 20.1. The van der Waals surface area contributed by atoms with Crippen molar-refractivity contribution in [3.63, 3.8) is 0 Å². The van der Waals surface area contributed by atoms with Crippen LogP contribution in [0, 0.1) is 3.57 Å². The molecule has 0 aliphatic rings. The predicted octanol–water partition coefficient (Wildman–Crippen LogP) is 1.87. The average molecular weight is 268 g/mol. The highest BCUT2D eigenvalue weighted by Gasteiger charge is 1.96. The Morgan fingerprint density at radius 2 is 1.80 bits per heavy atom. The van der Waals surface area contributed by atoms with Crippen molar-refractivity contribution in [1.29, 1.82) is 0 Å². The summed E-state index contributed by atoms with van der Waals surface area (Å²) in [7, 11) is 0. The smallest absolute Gasteiger partial charge is 0.186 e. The number of hydrogen-bond acceptors (Lipinski definition) is 1. The molecule has 0 fully saturated rings. The lowest BCUT2D eigenvalue weighted by Crippen LogP contribution is -1.86. The topological polar surface area (TPSA) is 37.3 Å². The Labute approximate surface area is 75.1 Å². The average Bonchev–Trinajstić information content (AvgIpc) is 1.88. The third-order valence-corrected chi connectivity index (χ3v) is 2.41. The van der Waals surface area contributed by atoms with Crippen LogP contribution < -0.4 is 0 Å². The summed E-state index contributed by atoms with van der Waals surface area (Å²) >= 11 is 0.299. The number of hydrogen-bond donors (Lipinski definition) is 1. The van der Waals surface area contributed by atoms with Crippen molar-refractivity contribution >= 4 is 33.7 Å². The quantitative estimate of drug-likeness (QED) is 0.623. The van der Waals surface area contributed by atoms with Gasteiger partial charge in [-0.05, 0) is 46.9 Å². The van der Waals surface area contributed by atoms with E-state index < -0.39 is 11.1 Å². The summed E-state index contributed by atoms with van der Waals surface area (Å²) in [5.41, 5.74) is 0. The minimum absolute atomic E-state index is 0.445. The normalized spacial score (nSPS) is 13.0. The van der Waals surface area contributed by atoms with Gasteiger partial charge in [0.15, 0.2) is 11.1 Å². The van der Waals surface area contributed by atoms with Gasteiger partial charge >= 0.3 is 0 Å². The molecule has 1 atom stereocenters. The molecule has 0 amide bonds. The lowest BCUT2D eigenvalue weighted by atomic mass is 10.4. The van der Waals surface area contributed by atoms with Crippen molar-refractivity contribution in [2.45, 2.75) is 4.90 Å². The molecule has 1 N–H and O–H groups in total. The first kappa shape index (κ1) is 8.16. The second kappa shape index (κ2) is 3.45. The van der Waals surface area contributed by atoms with Crippen molar-refractivity contribution in [1.82, 2.24) is 0 Å². The Bertz CT molecular complexity index is 244. The third-order valence-electron chi connectivity index (χ3n) is 1.02. The molecule has 0 bridgehead atoms. The number of halogens is 1. The molecule has 0 aliphatic heterocycles. The first-order valence-corrected chi connectivity index (χ1v) is 4.75. The molecular formula is C6H5IO2S. The van der Waals surface area contributed by atoms with Gasteiger partial charge in [0.1, 0.15) is 0 Å². The van der Waals surface area contributed by atoms with E-state index in [0.29, 0.717) is 4.90 Å². The predicted molar refractivity (Wildman–Crippen MR) is 48.2 cm³/mol. The maximum absolute atomic E-state index is 10.4. The van der Waals surface area contributed by atoms with Crippen molar-refractivity contribution in [3.05, 3.63) is 27.8 Å². The monoisotopic (exact) mass is 268 g/mol. The molecule has 10 heavy (non-hydrogen) atoms. The van der Waals surface area contributed by atoms with E-state index in [4.69, 9.17) is 4.55 Å². The maximum atomic E-state index is 10.4. The van der Waals surface area contributed by atoms with Gasteiger partial charge in [0.25, 0.3) is 0 Å². The molecule has 0 heterocycles. The molecule has 0 saturated carbocycles. The SMILES string of the molecule is O=S(O)c1ccc(I)cc1. The zero-order valence-electron chi connectivity index (χ0n) is 4.95. The first-order chi connectivity index (χ1) is 4.70. The highest BCUT2D eigenvalue weighted by Crippen LogP contribution is 2.08. The van der Waals surface area contributed by atoms with E-state index in [1.807, 2.05) is 0 Å². The molecule has 0 aliphatic carbocycles. The summed E-state index contributed by atoms with van der Waals surface area (Å²) in [6.07, 6.45) is 0. The molecule has 1 unspecified atom stereocenters. The van der Waals surface area contributed by atoms with Gasteiger partial charge in [0, 0.05) is 3.57 Å². The van der Waals surface area contributed by atoms with E-state index in [0.717, 1.165) is 3.57 Å². The Balaban J connectivity index is 3.00. The zero-order valence-corrected chi connectivity index (χ0v) is 7.93. The third kappa shape index (κ3) is 2.03. The largest absolute Gasteiger partial charge is 0.302 e. The molecule has 2 nitrogen and oxygen atoms in total. The molecule has 0 radical (unpaired) electrons. The summed E-state index contributed by atoms with van der Waals surface area (Å²) in [6, 6.07) is 6.86. The molecule has 0 spiro atoms. The van der Waals surface area contributed by atoms with Gasteiger partial charge in [-0.25, -0.2) is 4.21 Å². The molecule has 1 aromatic rings.